The number of amidine groups is 1. The lowest BCUT2D eigenvalue weighted by Gasteiger charge is -2.23. The standard InChI is InChI=1S/C29H27FN4O2/c30-25-14-24-13-22(7-8-23(24)15-31-25)19-1-3-20(4-2-19)26-32-29(10-11-29)28(36)34(26)17-18-9-12-33(16-18)27(35)21-5-6-21/h1-4,7-8,13-15,18,21H,5-6,9-12,16-17H2/t18-/m1/s1. The van der Waals surface area contributed by atoms with Gasteiger partial charge in [-0.3, -0.25) is 19.5 Å². The van der Waals surface area contributed by atoms with E-state index in [0.717, 1.165) is 78.5 Å². The van der Waals surface area contributed by atoms with Crippen molar-refractivity contribution in [3.8, 4) is 11.1 Å². The Hall–Kier alpha value is -3.61. The van der Waals surface area contributed by atoms with E-state index in [1.54, 1.807) is 6.20 Å². The number of fused-ring (bicyclic) bond motifs is 1. The van der Waals surface area contributed by atoms with Gasteiger partial charge in [-0.1, -0.05) is 36.4 Å². The highest BCUT2D eigenvalue weighted by Gasteiger charge is 2.57. The molecular formula is C29H27FN4O2. The third-order valence-electron chi connectivity index (χ3n) is 8.07. The third-order valence-corrected chi connectivity index (χ3v) is 8.07. The normalized spacial score (nSPS) is 22.5. The second kappa shape index (κ2) is 7.95. The fourth-order valence-corrected chi connectivity index (χ4v) is 5.63. The van der Waals surface area contributed by atoms with Gasteiger partial charge in [-0.15, -0.1) is 0 Å². The lowest BCUT2D eigenvalue weighted by molar-refractivity contribution is -0.131. The minimum atomic E-state index is -0.563. The van der Waals surface area contributed by atoms with Crippen molar-refractivity contribution in [2.45, 2.75) is 37.6 Å². The molecule has 2 amide bonds. The molecule has 4 aliphatic rings. The summed E-state index contributed by atoms with van der Waals surface area (Å²) in [5, 5.41) is 1.70. The maximum absolute atomic E-state index is 13.6. The van der Waals surface area contributed by atoms with Crippen molar-refractivity contribution in [3.05, 3.63) is 66.2 Å². The van der Waals surface area contributed by atoms with Crippen LogP contribution >= 0.6 is 0 Å². The molecule has 0 radical (unpaired) electrons. The molecule has 2 aliphatic heterocycles. The van der Waals surface area contributed by atoms with E-state index in [2.05, 4.69) is 4.98 Å². The number of carbonyl (C=O) groups excluding carboxylic acids is 2. The fraction of sp³-hybridized carbons (Fsp3) is 0.379. The lowest BCUT2D eigenvalue weighted by atomic mass is 10.0. The van der Waals surface area contributed by atoms with E-state index in [0.29, 0.717) is 12.5 Å². The largest absolute Gasteiger partial charge is 0.342 e. The number of nitrogens with zero attached hydrogens (tertiary/aromatic N) is 4. The van der Waals surface area contributed by atoms with Gasteiger partial charge in [0, 0.05) is 48.8 Å². The van der Waals surface area contributed by atoms with Crippen LogP contribution in [0.25, 0.3) is 21.9 Å². The van der Waals surface area contributed by atoms with E-state index in [1.807, 2.05) is 52.3 Å². The second-order valence-electron chi connectivity index (χ2n) is 10.7. The van der Waals surface area contributed by atoms with E-state index in [1.165, 1.54) is 6.07 Å². The first-order valence-electron chi connectivity index (χ1n) is 12.9. The lowest BCUT2D eigenvalue weighted by Crippen LogP contribution is -2.40. The first kappa shape index (κ1) is 21.7. The molecule has 3 fully saturated rings. The summed E-state index contributed by atoms with van der Waals surface area (Å²) in [6.07, 6.45) is 6.13. The first-order chi connectivity index (χ1) is 17.5. The molecule has 1 saturated heterocycles. The molecule has 6 nitrogen and oxygen atoms in total. The van der Waals surface area contributed by atoms with Crippen molar-refractivity contribution in [1.29, 1.82) is 0 Å². The predicted molar refractivity (Wildman–Crippen MR) is 135 cm³/mol. The molecule has 0 unspecified atom stereocenters. The summed E-state index contributed by atoms with van der Waals surface area (Å²) >= 11 is 0. The molecule has 7 rings (SSSR count). The highest BCUT2D eigenvalue weighted by atomic mass is 19.1. The summed E-state index contributed by atoms with van der Waals surface area (Å²) in [6.45, 7) is 2.14. The molecule has 1 spiro atoms. The van der Waals surface area contributed by atoms with Crippen LogP contribution in [0.5, 0.6) is 0 Å². The molecule has 2 saturated carbocycles. The zero-order valence-electron chi connectivity index (χ0n) is 20.0. The van der Waals surface area contributed by atoms with Gasteiger partial charge in [0.15, 0.2) is 0 Å². The Bertz CT molecular complexity index is 1420. The zero-order valence-corrected chi connectivity index (χ0v) is 20.0. The van der Waals surface area contributed by atoms with Gasteiger partial charge in [-0.25, -0.2) is 4.98 Å². The Morgan fingerprint density at radius 3 is 2.47 bits per heavy atom. The van der Waals surface area contributed by atoms with Crippen LogP contribution in [0.15, 0.2) is 59.7 Å². The van der Waals surface area contributed by atoms with Crippen molar-refractivity contribution >= 4 is 28.4 Å². The molecular weight excluding hydrogens is 455 g/mol. The van der Waals surface area contributed by atoms with Gasteiger partial charge >= 0.3 is 0 Å². The average Bonchev–Trinajstić information content (AvgIpc) is 3.82. The van der Waals surface area contributed by atoms with E-state index < -0.39 is 11.5 Å². The number of hydrogen-bond acceptors (Lipinski definition) is 4. The molecule has 2 aromatic carbocycles. The zero-order chi connectivity index (χ0) is 24.4. The van der Waals surface area contributed by atoms with Crippen LogP contribution in [0.2, 0.25) is 0 Å². The number of halogens is 1. The number of rotatable bonds is 5. The number of hydrogen-bond donors (Lipinski definition) is 0. The molecule has 3 heterocycles. The van der Waals surface area contributed by atoms with Crippen molar-refractivity contribution in [2.75, 3.05) is 19.6 Å². The van der Waals surface area contributed by atoms with Crippen LogP contribution in [-0.2, 0) is 9.59 Å². The van der Waals surface area contributed by atoms with Gasteiger partial charge in [-0.2, -0.15) is 4.39 Å². The minimum Gasteiger partial charge on any atom is -0.342 e. The smallest absolute Gasteiger partial charge is 0.256 e. The van der Waals surface area contributed by atoms with Crippen LogP contribution in [0.3, 0.4) is 0 Å². The Labute approximate surface area is 208 Å². The minimum absolute atomic E-state index is 0.110. The molecule has 1 atom stereocenters. The summed E-state index contributed by atoms with van der Waals surface area (Å²) < 4.78 is 13.6. The van der Waals surface area contributed by atoms with Crippen LogP contribution in [0.4, 0.5) is 4.39 Å². The van der Waals surface area contributed by atoms with Crippen molar-refractivity contribution in [1.82, 2.24) is 14.8 Å². The molecule has 36 heavy (non-hydrogen) atoms. The SMILES string of the molecule is O=C(C1CC1)N1CC[C@@H](CN2C(=O)C3(CC3)N=C2c2ccc(-c3ccc4cnc(F)cc4c3)cc2)C1. The summed E-state index contributed by atoms with van der Waals surface area (Å²) in [5.74, 6) is 1.18. The van der Waals surface area contributed by atoms with Crippen molar-refractivity contribution in [3.63, 3.8) is 0 Å². The number of likely N-dealkylation sites (tertiary alicyclic amines) is 1. The summed E-state index contributed by atoms with van der Waals surface area (Å²) in [7, 11) is 0. The fourth-order valence-electron chi connectivity index (χ4n) is 5.63. The number of benzene rings is 2. The molecule has 1 aromatic heterocycles. The molecule has 7 heteroatoms. The summed E-state index contributed by atoms with van der Waals surface area (Å²) in [6, 6.07) is 15.5. The van der Waals surface area contributed by atoms with Gasteiger partial charge in [0.2, 0.25) is 11.9 Å². The number of aliphatic imine (C=N–C) groups is 1. The predicted octanol–water partition coefficient (Wildman–Crippen LogP) is 4.42. The monoisotopic (exact) mass is 482 g/mol. The maximum atomic E-state index is 13.6. The van der Waals surface area contributed by atoms with Crippen LogP contribution < -0.4 is 0 Å². The highest BCUT2D eigenvalue weighted by Crippen LogP contribution is 2.46. The summed E-state index contributed by atoms with van der Waals surface area (Å²) in [5.41, 5.74) is 2.37. The molecule has 0 N–H and O–H groups in total. The van der Waals surface area contributed by atoms with E-state index in [4.69, 9.17) is 4.99 Å². The van der Waals surface area contributed by atoms with E-state index >= 15 is 0 Å². The van der Waals surface area contributed by atoms with Gasteiger partial charge in [0.25, 0.3) is 5.91 Å². The Morgan fingerprint density at radius 1 is 0.972 bits per heavy atom. The topological polar surface area (TPSA) is 65.9 Å². The Kier molecular flexibility index (Phi) is 4.78. The van der Waals surface area contributed by atoms with Crippen LogP contribution in [0.1, 0.15) is 37.7 Å². The molecule has 182 valence electrons. The molecule has 2 aliphatic carbocycles. The van der Waals surface area contributed by atoms with Gasteiger partial charge in [0.1, 0.15) is 11.4 Å². The average molecular weight is 483 g/mol. The van der Waals surface area contributed by atoms with Gasteiger partial charge in [-0.05, 0) is 60.6 Å². The van der Waals surface area contributed by atoms with Gasteiger partial charge in [0.05, 0.1) is 0 Å². The molecule has 0 bridgehead atoms. The second-order valence-corrected chi connectivity index (χ2v) is 10.7. The first-order valence-corrected chi connectivity index (χ1v) is 12.9. The number of aromatic nitrogens is 1. The summed E-state index contributed by atoms with van der Waals surface area (Å²) in [4.78, 5) is 38.3. The number of amides is 2. The van der Waals surface area contributed by atoms with Crippen molar-refractivity contribution in [2.24, 2.45) is 16.8 Å². The quantitative estimate of drug-likeness (QED) is 0.506. The number of pyridine rings is 1. The Balaban J connectivity index is 1.12. The number of carbonyl (C=O) groups is 2. The van der Waals surface area contributed by atoms with Gasteiger partial charge < -0.3 is 4.90 Å². The highest BCUT2D eigenvalue weighted by molar-refractivity contribution is 6.16. The van der Waals surface area contributed by atoms with E-state index in [9.17, 15) is 14.0 Å². The van der Waals surface area contributed by atoms with Crippen LogP contribution in [-0.4, -0.2) is 57.6 Å². The van der Waals surface area contributed by atoms with Crippen LogP contribution in [0, 0.1) is 17.8 Å². The third kappa shape index (κ3) is 3.69. The van der Waals surface area contributed by atoms with Crippen molar-refractivity contribution < 1.29 is 14.0 Å². The van der Waals surface area contributed by atoms with E-state index in [-0.39, 0.29) is 17.7 Å². The maximum Gasteiger partial charge on any atom is 0.256 e. The Morgan fingerprint density at radius 2 is 1.72 bits per heavy atom. The molecule has 3 aromatic rings.